The van der Waals surface area contributed by atoms with E-state index in [-0.39, 0.29) is 17.6 Å². The monoisotopic (exact) mass is 312 g/mol. The summed E-state index contributed by atoms with van der Waals surface area (Å²) in [5, 5.41) is 2.71. The summed E-state index contributed by atoms with van der Waals surface area (Å²) >= 11 is 0. The molecular weight excluding hydrogens is 295 g/mol. The molecule has 5 heteroatoms. The molecule has 2 amide bonds. The highest BCUT2D eigenvalue weighted by atomic mass is 19.1. The van der Waals surface area contributed by atoms with Crippen LogP contribution in [0.5, 0.6) is 0 Å². The summed E-state index contributed by atoms with van der Waals surface area (Å²) in [5.41, 5.74) is 1.54. The Kier molecular flexibility index (Phi) is 4.10. The molecule has 118 valence electrons. The summed E-state index contributed by atoms with van der Waals surface area (Å²) in [7, 11) is 0. The van der Waals surface area contributed by atoms with E-state index in [1.807, 2.05) is 30.3 Å². The molecule has 0 aliphatic carbocycles. The van der Waals surface area contributed by atoms with E-state index >= 15 is 0 Å². The van der Waals surface area contributed by atoms with Crippen molar-refractivity contribution >= 4 is 11.8 Å². The third kappa shape index (κ3) is 3.08. The summed E-state index contributed by atoms with van der Waals surface area (Å²) in [6.07, 6.45) is 0. The maximum absolute atomic E-state index is 13.1. The van der Waals surface area contributed by atoms with E-state index in [1.165, 1.54) is 24.3 Å². The standard InChI is InChI=1S/C18H17FN2O2/c1-12-17(22)20-16(14-7-9-15(19)10-8-14)18(23)21(12)11-13-5-3-2-4-6-13/h2-10,12,16H,11H2,1H3,(H,20,22)/t12-,16+/m0/s1. The van der Waals surface area contributed by atoms with Crippen LogP contribution in [0.25, 0.3) is 0 Å². The third-order valence-electron chi connectivity index (χ3n) is 4.06. The van der Waals surface area contributed by atoms with Crippen LogP contribution in [0.2, 0.25) is 0 Å². The molecule has 0 spiro atoms. The van der Waals surface area contributed by atoms with Gasteiger partial charge in [-0.15, -0.1) is 0 Å². The summed E-state index contributed by atoms with van der Waals surface area (Å²) in [6, 6.07) is 13.8. The molecule has 4 nitrogen and oxygen atoms in total. The molecule has 1 aliphatic heterocycles. The van der Waals surface area contributed by atoms with Gasteiger partial charge < -0.3 is 10.2 Å². The molecule has 0 unspecified atom stereocenters. The normalized spacial score (nSPS) is 21.2. The lowest BCUT2D eigenvalue weighted by Gasteiger charge is -2.37. The minimum atomic E-state index is -0.775. The van der Waals surface area contributed by atoms with Crippen molar-refractivity contribution in [1.29, 1.82) is 0 Å². The Labute approximate surface area is 133 Å². The second kappa shape index (κ2) is 6.20. The molecule has 23 heavy (non-hydrogen) atoms. The number of benzene rings is 2. The molecule has 2 aromatic rings. The molecule has 2 aromatic carbocycles. The number of hydrogen-bond donors (Lipinski definition) is 1. The Hall–Kier alpha value is -2.69. The third-order valence-corrected chi connectivity index (χ3v) is 4.06. The second-order valence-electron chi connectivity index (χ2n) is 5.62. The van der Waals surface area contributed by atoms with Crippen molar-refractivity contribution < 1.29 is 14.0 Å². The first-order valence-corrected chi connectivity index (χ1v) is 7.46. The van der Waals surface area contributed by atoms with E-state index in [1.54, 1.807) is 11.8 Å². The van der Waals surface area contributed by atoms with E-state index < -0.39 is 12.1 Å². The van der Waals surface area contributed by atoms with E-state index in [9.17, 15) is 14.0 Å². The van der Waals surface area contributed by atoms with Gasteiger partial charge in [-0.25, -0.2) is 4.39 Å². The molecular formula is C18H17FN2O2. The van der Waals surface area contributed by atoms with Crippen LogP contribution < -0.4 is 5.32 Å². The second-order valence-corrected chi connectivity index (χ2v) is 5.62. The van der Waals surface area contributed by atoms with Crippen LogP contribution in [-0.2, 0) is 16.1 Å². The predicted molar refractivity (Wildman–Crippen MR) is 83.7 cm³/mol. The average Bonchev–Trinajstić information content (AvgIpc) is 2.57. The van der Waals surface area contributed by atoms with Crippen molar-refractivity contribution in [2.45, 2.75) is 25.6 Å². The molecule has 1 aliphatic rings. The molecule has 1 N–H and O–H groups in total. The first-order chi connectivity index (χ1) is 11.1. The number of amides is 2. The fourth-order valence-corrected chi connectivity index (χ4v) is 2.70. The number of halogens is 1. The SMILES string of the molecule is C[C@H]1C(=O)N[C@H](c2ccc(F)cc2)C(=O)N1Cc1ccccc1. The fourth-order valence-electron chi connectivity index (χ4n) is 2.70. The minimum absolute atomic E-state index is 0.187. The summed E-state index contributed by atoms with van der Waals surface area (Å²) in [6.45, 7) is 2.07. The van der Waals surface area contributed by atoms with Gasteiger partial charge in [0.15, 0.2) is 0 Å². The molecule has 0 radical (unpaired) electrons. The smallest absolute Gasteiger partial charge is 0.250 e. The van der Waals surface area contributed by atoms with E-state index in [0.717, 1.165) is 5.56 Å². The van der Waals surface area contributed by atoms with Gasteiger partial charge in [0.2, 0.25) is 5.91 Å². The Morgan fingerprint density at radius 1 is 1.04 bits per heavy atom. The van der Waals surface area contributed by atoms with Gasteiger partial charge in [0, 0.05) is 6.54 Å². The first kappa shape index (κ1) is 15.2. The number of carbonyl (C=O) groups is 2. The maximum Gasteiger partial charge on any atom is 0.250 e. The first-order valence-electron chi connectivity index (χ1n) is 7.46. The minimum Gasteiger partial charge on any atom is -0.339 e. The Balaban J connectivity index is 1.87. The number of rotatable bonds is 3. The van der Waals surface area contributed by atoms with Gasteiger partial charge in [-0.3, -0.25) is 9.59 Å². The lowest BCUT2D eigenvalue weighted by atomic mass is 10.00. The number of carbonyl (C=O) groups excluding carboxylic acids is 2. The van der Waals surface area contributed by atoms with Crippen molar-refractivity contribution in [1.82, 2.24) is 10.2 Å². The molecule has 1 fully saturated rings. The zero-order chi connectivity index (χ0) is 16.4. The maximum atomic E-state index is 13.1. The molecule has 0 aromatic heterocycles. The molecule has 0 bridgehead atoms. The van der Waals surface area contributed by atoms with E-state index in [0.29, 0.717) is 12.1 Å². The lowest BCUT2D eigenvalue weighted by Crippen LogP contribution is -2.58. The van der Waals surface area contributed by atoms with E-state index in [4.69, 9.17) is 0 Å². The fraction of sp³-hybridized carbons (Fsp3) is 0.222. The van der Waals surface area contributed by atoms with Gasteiger partial charge in [-0.2, -0.15) is 0 Å². The van der Waals surface area contributed by atoms with Crippen molar-refractivity contribution in [3.63, 3.8) is 0 Å². The van der Waals surface area contributed by atoms with Crippen LogP contribution in [0.15, 0.2) is 54.6 Å². The predicted octanol–water partition coefficient (Wildman–Crippen LogP) is 2.41. The highest BCUT2D eigenvalue weighted by Crippen LogP contribution is 2.24. The van der Waals surface area contributed by atoms with E-state index in [2.05, 4.69) is 5.32 Å². The van der Waals surface area contributed by atoms with Crippen molar-refractivity contribution in [2.75, 3.05) is 0 Å². The number of nitrogens with zero attached hydrogens (tertiary/aromatic N) is 1. The Bertz CT molecular complexity index is 716. The van der Waals surface area contributed by atoms with Gasteiger partial charge >= 0.3 is 0 Å². The molecule has 0 saturated carbocycles. The molecule has 1 heterocycles. The van der Waals surface area contributed by atoms with Crippen LogP contribution >= 0.6 is 0 Å². The largest absolute Gasteiger partial charge is 0.339 e. The summed E-state index contributed by atoms with van der Waals surface area (Å²) in [5.74, 6) is -0.778. The Morgan fingerprint density at radius 3 is 2.35 bits per heavy atom. The highest BCUT2D eigenvalue weighted by molar-refractivity contribution is 5.97. The summed E-state index contributed by atoms with van der Waals surface area (Å²) < 4.78 is 13.1. The topological polar surface area (TPSA) is 49.4 Å². The van der Waals surface area contributed by atoms with Gasteiger partial charge in [0.25, 0.3) is 5.91 Å². The number of hydrogen-bond acceptors (Lipinski definition) is 2. The summed E-state index contributed by atoms with van der Waals surface area (Å²) in [4.78, 5) is 26.6. The van der Waals surface area contributed by atoms with Crippen LogP contribution in [-0.4, -0.2) is 22.8 Å². The molecule has 3 rings (SSSR count). The number of piperazine rings is 1. The van der Waals surface area contributed by atoms with Gasteiger partial charge in [-0.05, 0) is 30.2 Å². The van der Waals surface area contributed by atoms with Crippen molar-refractivity contribution in [3.05, 3.63) is 71.5 Å². The van der Waals surface area contributed by atoms with Crippen LogP contribution in [0.4, 0.5) is 4.39 Å². The lowest BCUT2D eigenvalue weighted by molar-refractivity contribution is -0.149. The highest BCUT2D eigenvalue weighted by Gasteiger charge is 2.38. The quantitative estimate of drug-likeness (QED) is 0.946. The average molecular weight is 312 g/mol. The van der Waals surface area contributed by atoms with Crippen LogP contribution in [0.3, 0.4) is 0 Å². The van der Waals surface area contributed by atoms with Gasteiger partial charge in [-0.1, -0.05) is 42.5 Å². The van der Waals surface area contributed by atoms with Crippen molar-refractivity contribution in [2.24, 2.45) is 0 Å². The zero-order valence-corrected chi connectivity index (χ0v) is 12.7. The van der Waals surface area contributed by atoms with Gasteiger partial charge in [0.1, 0.15) is 17.9 Å². The van der Waals surface area contributed by atoms with Crippen LogP contribution in [0.1, 0.15) is 24.1 Å². The number of nitrogens with one attached hydrogen (secondary N) is 1. The van der Waals surface area contributed by atoms with Crippen LogP contribution in [0, 0.1) is 5.82 Å². The van der Waals surface area contributed by atoms with Crippen molar-refractivity contribution in [3.8, 4) is 0 Å². The molecule has 2 atom stereocenters. The van der Waals surface area contributed by atoms with Gasteiger partial charge in [0.05, 0.1) is 0 Å². The zero-order valence-electron chi connectivity index (χ0n) is 12.7. The molecule has 1 saturated heterocycles. The Morgan fingerprint density at radius 2 is 1.70 bits per heavy atom.